The van der Waals surface area contributed by atoms with Gasteiger partial charge >= 0.3 is 17.9 Å². The largest absolute Gasteiger partial charge is 0.497 e. The molecule has 0 aliphatic carbocycles. The first-order valence-electron chi connectivity index (χ1n) is 12.8. The third-order valence-electron chi connectivity index (χ3n) is 6.11. The van der Waals surface area contributed by atoms with Gasteiger partial charge in [0.15, 0.2) is 18.3 Å². The van der Waals surface area contributed by atoms with Gasteiger partial charge in [-0.05, 0) is 44.3 Å². The minimum Gasteiger partial charge on any atom is -0.497 e. The number of aliphatic hydroxyl groups excluding tert-OH is 2. The molecule has 1 aliphatic heterocycles. The number of hydrogen-bond acceptors (Lipinski definition) is 10. The lowest BCUT2D eigenvalue weighted by Crippen LogP contribution is -2.43. The van der Waals surface area contributed by atoms with Crippen molar-refractivity contribution in [2.45, 2.75) is 37.4 Å². The number of allylic oxidation sites excluding steroid dienone is 1. The Morgan fingerprint density at radius 2 is 1.52 bits per heavy atom. The molecule has 0 spiro atoms. The van der Waals surface area contributed by atoms with Gasteiger partial charge in [0, 0.05) is 30.6 Å². The van der Waals surface area contributed by atoms with E-state index in [1.54, 1.807) is 23.8 Å². The molecule has 2 unspecified atom stereocenters. The van der Waals surface area contributed by atoms with Gasteiger partial charge in [-0.25, -0.2) is 9.59 Å². The molecule has 4 atom stereocenters. The van der Waals surface area contributed by atoms with Gasteiger partial charge in [0.2, 0.25) is 0 Å². The SMILES string of the molecule is COc1ccc([C@H]2SC(c3ccccc3)=C(C)N(CCN(C)C)C(=O)[C@H]2OC(C)=O)cc1.O=C(O)C(O)C(O)C(=O)O. The summed E-state index contributed by atoms with van der Waals surface area (Å²) < 4.78 is 10.9. The molecule has 4 N–H and O–H groups in total. The van der Waals surface area contributed by atoms with Gasteiger partial charge in [-0.15, -0.1) is 11.8 Å². The number of esters is 1. The molecule has 12 nitrogen and oxygen atoms in total. The highest BCUT2D eigenvalue weighted by Gasteiger charge is 2.41. The van der Waals surface area contributed by atoms with Gasteiger partial charge in [-0.2, -0.15) is 0 Å². The Hall–Kier alpha value is -3.91. The molecule has 2 aromatic rings. The third kappa shape index (κ3) is 9.31. The average Bonchev–Trinajstić information content (AvgIpc) is 3.05. The molecule has 228 valence electrons. The van der Waals surface area contributed by atoms with Gasteiger partial charge < -0.3 is 39.7 Å². The van der Waals surface area contributed by atoms with Crippen LogP contribution in [0.2, 0.25) is 0 Å². The first kappa shape index (κ1) is 34.3. The number of likely N-dealkylation sites (N-methyl/N-ethyl adjacent to an activating group) is 1. The van der Waals surface area contributed by atoms with Crippen LogP contribution in [0, 0.1) is 0 Å². The fourth-order valence-corrected chi connectivity index (χ4v) is 5.28. The standard InChI is InChI=1S/C25H30N2O4S.C4H6O6/c1-17-23(19-9-7-6-8-10-19)32-24(20-11-13-21(30-5)14-12-20)22(31-18(2)28)25(29)27(17)16-15-26(3)4;5-1(3(7)8)2(6)4(9)10/h6-14,22,24H,15-16H2,1-5H3;1-2,5-6H,(H,7,8)(H,9,10)/t22-,24+;/m0./s1. The number of benzene rings is 2. The summed E-state index contributed by atoms with van der Waals surface area (Å²) in [5.74, 6) is -3.50. The van der Waals surface area contributed by atoms with E-state index in [2.05, 4.69) is 0 Å². The van der Waals surface area contributed by atoms with Crippen molar-refractivity contribution < 1.29 is 49.1 Å². The number of hydrogen-bond donors (Lipinski definition) is 4. The molecule has 0 saturated heterocycles. The molecule has 0 bridgehead atoms. The van der Waals surface area contributed by atoms with Crippen molar-refractivity contribution in [2.75, 3.05) is 34.3 Å². The summed E-state index contributed by atoms with van der Waals surface area (Å²) >= 11 is 1.56. The molecule has 3 rings (SSSR count). The summed E-state index contributed by atoms with van der Waals surface area (Å²) in [6.07, 6.45) is -5.47. The van der Waals surface area contributed by atoms with Crippen LogP contribution in [0.15, 0.2) is 60.3 Å². The number of ether oxygens (including phenoxy) is 2. The Morgan fingerprint density at radius 3 is 1.98 bits per heavy atom. The molecular weight excluding hydrogens is 568 g/mol. The zero-order valence-electron chi connectivity index (χ0n) is 24.0. The molecule has 0 fully saturated rings. The first-order chi connectivity index (χ1) is 19.8. The Labute approximate surface area is 248 Å². The predicted molar refractivity (Wildman–Crippen MR) is 155 cm³/mol. The lowest BCUT2D eigenvalue weighted by molar-refractivity contribution is -0.165. The van der Waals surface area contributed by atoms with E-state index in [-0.39, 0.29) is 5.91 Å². The van der Waals surface area contributed by atoms with Gasteiger partial charge in [0.1, 0.15) is 5.75 Å². The number of carbonyl (C=O) groups excluding carboxylic acids is 2. The lowest BCUT2D eigenvalue weighted by Gasteiger charge is -2.29. The molecule has 2 aromatic carbocycles. The number of carbonyl (C=O) groups is 4. The van der Waals surface area contributed by atoms with Crippen LogP contribution in [-0.2, 0) is 23.9 Å². The Morgan fingerprint density at radius 1 is 0.976 bits per heavy atom. The van der Waals surface area contributed by atoms with Crippen molar-refractivity contribution >= 4 is 40.5 Å². The number of carboxylic acids is 2. The Balaban J connectivity index is 0.000000528. The van der Waals surface area contributed by atoms with Crippen molar-refractivity contribution in [3.63, 3.8) is 0 Å². The highest BCUT2D eigenvalue weighted by atomic mass is 32.2. The fraction of sp³-hybridized carbons (Fsp3) is 0.379. The number of rotatable bonds is 10. The summed E-state index contributed by atoms with van der Waals surface area (Å²) in [5.41, 5.74) is 2.78. The molecular formula is C29H36N2O10S. The summed E-state index contributed by atoms with van der Waals surface area (Å²) in [5, 5.41) is 32.1. The zero-order chi connectivity index (χ0) is 31.6. The van der Waals surface area contributed by atoms with Crippen molar-refractivity contribution in [3.8, 4) is 5.75 Å². The molecule has 1 amide bonds. The first-order valence-corrected chi connectivity index (χ1v) is 13.7. The fourth-order valence-electron chi connectivity index (χ4n) is 3.89. The molecule has 1 aliphatic rings. The van der Waals surface area contributed by atoms with E-state index >= 15 is 0 Å². The summed E-state index contributed by atoms with van der Waals surface area (Å²) in [6.45, 7) is 4.50. The second-order valence-electron chi connectivity index (χ2n) is 9.48. The monoisotopic (exact) mass is 604 g/mol. The van der Waals surface area contributed by atoms with Crippen molar-refractivity contribution in [2.24, 2.45) is 0 Å². The second kappa shape index (κ2) is 15.9. The highest BCUT2D eigenvalue weighted by Crippen LogP contribution is 2.48. The van der Waals surface area contributed by atoms with Crippen LogP contribution in [0.5, 0.6) is 5.75 Å². The lowest BCUT2D eigenvalue weighted by atomic mass is 10.1. The van der Waals surface area contributed by atoms with Gasteiger partial charge in [0.25, 0.3) is 5.91 Å². The maximum Gasteiger partial charge on any atom is 0.335 e. The van der Waals surface area contributed by atoms with Crippen molar-refractivity contribution in [1.82, 2.24) is 9.80 Å². The van der Waals surface area contributed by atoms with E-state index < -0.39 is 41.5 Å². The van der Waals surface area contributed by atoms with Crippen LogP contribution in [-0.4, -0.2) is 107 Å². The minimum absolute atomic E-state index is 0.209. The van der Waals surface area contributed by atoms with E-state index in [0.29, 0.717) is 13.1 Å². The summed E-state index contributed by atoms with van der Waals surface area (Å²) in [4.78, 5) is 50.1. The second-order valence-corrected chi connectivity index (χ2v) is 10.6. The molecule has 0 saturated carbocycles. The number of aliphatic carboxylic acids is 2. The van der Waals surface area contributed by atoms with E-state index in [4.69, 9.17) is 29.9 Å². The van der Waals surface area contributed by atoms with Crippen LogP contribution in [0.4, 0.5) is 0 Å². The summed E-state index contributed by atoms with van der Waals surface area (Å²) in [6, 6.07) is 17.6. The Kier molecular flexibility index (Phi) is 13.0. The Bertz CT molecular complexity index is 1250. The number of methoxy groups -OCH3 is 1. The molecule has 0 radical (unpaired) electrons. The van der Waals surface area contributed by atoms with E-state index in [1.807, 2.05) is 80.5 Å². The van der Waals surface area contributed by atoms with E-state index in [0.717, 1.165) is 27.5 Å². The van der Waals surface area contributed by atoms with E-state index in [9.17, 15) is 19.2 Å². The maximum absolute atomic E-state index is 13.7. The van der Waals surface area contributed by atoms with Crippen LogP contribution in [0.25, 0.3) is 4.91 Å². The maximum atomic E-state index is 13.7. The molecule has 0 aromatic heterocycles. The quantitative estimate of drug-likeness (QED) is 0.291. The van der Waals surface area contributed by atoms with Gasteiger partial charge in [-0.1, -0.05) is 42.5 Å². The molecule has 42 heavy (non-hydrogen) atoms. The molecule has 1 heterocycles. The minimum atomic E-state index is -2.27. The smallest absolute Gasteiger partial charge is 0.335 e. The third-order valence-corrected chi connectivity index (χ3v) is 7.65. The zero-order valence-corrected chi connectivity index (χ0v) is 24.8. The normalized spacial score (nSPS) is 18.4. The van der Waals surface area contributed by atoms with Crippen LogP contribution in [0.3, 0.4) is 0 Å². The number of nitrogens with zero attached hydrogens (tertiary/aromatic N) is 2. The number of carboxylic acid groups (broad SMARTS) is 2. The summed E-state index contributed by atoms with van der Waals surface area (Å²) in [7, 11) is 5.55. The van der Waals surface area contributed by atoms with E-state index in [1.165, 1.54) is 6.92 Å². The van der Waals surface area contributed by atoms with Crippen LogP contribution >= 0.6 is 11.8 Å². The average molecular weight is 605 g/mol. The highest BCUT2D eigenvalue weighted by molar-refractivity contribution is 8.08. The topological polar surface area (TPSA) is 174 Å². The molecule has 13 heteroatoms. The van der Waals surface area contributed by atoms with Gasteiger partial charge in [0.05, 0.1) is 12.4 Å². The number of thioether (sulfide) groups is 1. The number of aliphatic hydroxyl groups is 2. The van der Waals surface area contributed by atoms with Gasteiger partial charge in [-0.3, -0.25) is 9.59 Å². The number of amides is 1. The van der Waals surface area contributed by atoms with Crippen molar-refractivity contribution in [3.05, 3.63) is 71.4 Å². The van der Waals surface area contributed by atoms with Crippen molar-refractivity contribution in [1.29, 1.82) is 0 Å². The van der Waals surface area contributed by atoms with Crippen LogP contribution in [0.1, 0.15) is 30.2 Å². The van der Waals surface area contributed by atoms with Crippen LogP contribution < -0.4 is 4.74 Å². The predicted octanol–water partition coefficient (Wildman–Crippen LogP) is 2.07.